The van der Waals surface area contributed by atoms with Crippen molar-refractivity contribution in [1.29, 1.82) is 0 Å². The molecule has 0 aromatic rings. The quantitative estimate of drug-likeness (QED) is 0.291. The molecule has 0 saturated heterocycles. The van der Waals surface area contributed by atoms with Crippen LogP contribution in [0, 0.1) is 16.7 Å². The summed E-state index contributed by atoms with van der Waals surface area (Å²) in [7, 11) is 0. The first-order valence-corrected chi connectivity index (χ1v) is 11.8. The van der Waals surface area contributed by atoms with E-state index in [0.29, 0.717) is 25.7 Å². The molecular formula is C24H44O4. The van der Waals surface area contributed by atoms with E-state index in [4.69, 9.17) is 0 Å². The Morgan fingerprint density at radius 3 is 1.61 bits per heavy atom. The Morgan fingerprint density at radius 1 is 0.750 bits per heavy atom. The molecule has 0 radical (unpaired) electrons. The zero-order valence-corrected chi connectivity index (χ0v) is 18.6. The van der Waals surface area contributed by atoms with Crippen LogP contribution in [0.1, 0.15) is 124 Å². The Balaban J connectivity index is 2.60. The summed E-state index contributed by atoms with van der Waals surface area (Å²) in [4.78, 5) is 24.7. The molecule has 0 amide bonds. The molecule has 0 bridgehead atoms. The van der Waals surface area contributed by atoms with Gasteiger partial charge in [0.05, 0.1) is 10.8 Å². The summed E-state index contributed by atoms with van der Waals surface area (Å²) in [5.41, 5.74) is -2.16. The summed E-state index contributed by atoms with van der Waals surface area (Å²) >= 11 is 0. The standard InChI is InChI=1S/C24H44O4/c1-4-5-16-23(21(25)26)18-13-14-19-24(23,22(27)28)17-12-10-8-6-7-9-11-15-20(2)3/h20H,4-19H2,1-3H3,(H,25,26)(H,27,28). The topological polar surface area (TPSA) is 74.6 Å². The Morgan fingerprint density at radius 2 is 1.18 bits per heavy atom. The van der Waals surface area contributed by atoms with E-state index in [1.807, 2.05) is 6.92 Å². The van der Waals surface area contributed by atoms with Gasteiger partial charge in [0.2, 0.25) is 0 Å². The fraction of sp³-hybridized carbons (Fsp3) is 0.917. The number of unbranched alkanes of at least 4 members (excludes halogenated alkanes) is 7. The minimum atomic E-state index is -1.08. The predicted molar refractivity (Wildman–Crippen MR) is 115 cm³/mol. The fourth-order valence-electron chi connectivity index (χ4n) is 5.24. The van der Waals surface area contributed by atoms with Crippen molar-refractivity contribution in [3.8, 4) is 0 Å². The van der Waals surface area contributed by atoms with Gasteiger partial charge in [0, 0.05) is 0 Å². The molecule has 0 aromatic heterocycles. The lowest BCUT2D eigenvalue weighted by atomic mass is 9.52. The zero-order valence-electron chi connectivity index (χ0n) is 18.6. The minimum Gasteiger partial charge on any atom is -0.481 e. The Hall–Kier alpha value is -1.06. The highest BCUT2D eigenvalue weighted by molar-refractivity contribution is 5.87. The SMILES string of the molecule is CCCCC1(C(=O)O)CCCCC1(CCCCCCCCCC(C)C)C(=O)O. The maximum atomic E-state index is 12.4. The average molecular weight is 397 g/mol. The molecule has 2 atom stereocenters. The second-order valence-electron chi connectivity index (χ2n) is 9.49. The van der Waals surface area contributed by atoms with Crippen molar-refractivity contribution in [2.45, 2.75) is 124 Å². The molecule has 1 aliphatic rings. The average Bonchev–Trinajstić information content (AvgIpc) is 2.65. The van der Waals surface area contributed by atoms with E-state index < -0.39 is 22.8 Å². The van der Waals surface area contributed by atoms with Gasteiger partial charge < -0.3 is 10.2 Å². The monoisotopic (exact) mass is 396 g/mol. The predicted octanol–water partition coefficient (Wildman–Crippen LogP) is 7.06. The van der Waals surface area contributed by atoms with Crippen LogP contribution in [0.4, 0.5) is 0 Å². The smallest absolute Gasteiger partial charge is 0.310 e. The molecule has 0 heterocycles. The number of hydrogen-bond acceptors (Lipinski definition) is 2. The van der Waals surface area contributed by atoms with E-state index in [2.05, 4.69) is 13.8 Å². The first kappa shape index (κ1) is 25.0. The zero-order chi connectivity index (χ0) is 21.0. The summed E-state index contributed by atoms with van der Waals surface area (Å²) in [5, 5.41) is 20.3. The number of rotatable bonds is 15. The van der Waals surface area contributed by atoms with Crippen molar-refractivity contribution in [2.75, 3.05) is 0 Å². The summed E-state index contributed by atoms with van der Waals surface area (Å²) in [6.07, 6.45) is 14.8. The molecule has 4 heteroatoms. The number of carbonyl (C=O) groups is 2. The van der Waals surface area contributed by atoms with E-state index >= 15 is 0 Å². The van der Waals surface area contributed by atoms with E-state index in [1.54, 1.807) is 0 Å². The van der Waals surface area contributed by atoms with Gasteiger partial charge in [0.15, 0.2) is 0 Å². The summed E-state index contributed by atoms with van der Waals surface area (Å²) in [5.74, 6) is -0.975. The van der Waals surface area contributed by atoms with Gasteiger partial charge in [-0.25, -0.2) is 0 Å². The van der Waals surface area contributed by atoms with Crippen molar-refractivity contribution in [1.82, 2.24) is 0 Å². The van der Waals surface area contributed by atoms with Crippen LogP contribution in [0.5, 0.6) is 0 Å². The highest BCUT2D eigenvalue weighted by Gasteiger charge is 2.61. The molecule has 0 spiro atoms. The molecular weight excluding hydrogens is 352 g/mol. The molecule has 1 aliphatic carbocycles. The molecule has 1 rings (SSSR count). The lowest BCUT2D eigenvalue weighted by molar-refractivity contribution is -0.182. The molecule has 1 fully saturated rings. The lowest BCUT2D eigenvalue weighted by Gasteiger charge is -2.48. The van der Waals surface area contributed by atoms with Crippen LogP contribution in [0.15, 0.2) is 0 Å². The number of hydrogen-bond donors (Lipinski definition) is 2. The normalized spacial score (nSPS) is 25.1. The second-order valence-corrected chi connectivity index (χ2v) is 9.49. The van der Waals surface area contributed by atoms with E-state index in [9.17, 15) is 19.8 Å². The van der Waals surface area contributed by atoms with Crippen LogP contribution < -0.4 is 0 Å². The van der Waals surface area contributed by atoms with Gasteiger partial charge in [-0.1, -0.05) is 97.8 Å². The Kier molecular flexibility index (Phi) is 11.1. The highest BCUT2D eigenvalue weighted by Crippen LogP contribution is 2.56. The van der Waals surface area contributed by atoms with E-state index in [-0.39, 0.29) is 0 Å². The van der Waals surface area contributed by atoms with Crippen LogP contribution in [-0.4, -0.2) is 22.2 Å². The molecule has 2 N–H and O–H groups in total. The first-order valence-electron chi connectivity index (χ1n) is 11.8. The Labute approximate surface area is 172 Å². The molecule has 4 nitrogen and oxygen atoms in total. The fourth-order valence-corrected chi connectivity index (χ4v) is 5.24. The van der Waals surface area contributed by atoms with E-state index in [0.717, 1.165) is 50.9 Å². The first-order chi connectivity index (χ1) is 13.3. The summed E-state index contributed by atoms with van der Waals surface area (Å²) in [6, 6.07) is 0. The Bertz CT molecular complexity index is 473. The molecule has 1 saturated carbocycles. The largest absolute Gasteiger partial charge is 0.481 e. The maximum absolute atomic E-state index is 12.4. The lowest BCUT2D eigenvalue weighted by Crippen LogP contribution is -2.54. The maximum Gasteiger partial charge on any atom is 0.310 e. The van der Waals surface area contributed by atoms with Crippen LogP contribution in [-0.2, 0) is 9.59 Å². The molecule has 28 heavy (non-hydrogen) atoms. The van der Waals surface area contributed by atoms with Gasteiger partial charge in [-0.05, 0) is 31.6 Å². The third-order valence-corrected chi connectivity index (χ3v) is 7.03. The molecule has 0 aromatic carbocycles. The van der Waals surface area contributed by atoms with Crippen molar-refractivity contribution in [2.24, 2.45) is 16.7 Å². The highest BCUT2D eigenvalue weighted by atomic mass is 16.4. The van der Waals surface area contributed by atoms with Crippen molar-refractivity contribution >= 4 is 11.9 Å². The number of aliphatic carboxylic acids is 2. The van der Waals surface area contributed by atoms with Crippen LogP contribution in [0.3, 0.4) is 0 Å². The number of carboxylic acids is 2. The van der Waals surface area contributed by atoms with E-state index in [1.165, 1.54) is 32.1 Å². The second kappa shape index (κ2) is 12.5. The van der Waals surface area contributed by atoms with Gasteiger partial charge in [0.1, 0.15) is 0 Å². The molecule has 164 valence electrons. The van der Waals surface area contributed by atoms with Crippen LogP contribution in [0.25, 0.3) is 0 Å². The third kappa shape index (κ3) is 6.49. The van der Waals surface area contributed by atoms with Gasteiger partial charge in [-0.3, -0.25) is 9.59 Å². The van der Waals surface area contributed by atoms with Gasteiger partial charge in [0.25, 0.3) is 0 Å². The van der Waals surface area contributed by atoms with Gasteiger partial charge in [-0.15, -0.1) is 0 Å². The molecule has 2 unspecified atom stereocenters. The summed E-state index contributed by atoms with van der Waals surface area (Å²) in [6.45, 7) is 6.57. The third-order valence-electron chi connectivity index (χ3n) is 7.03. The van der Waals surface area contributed by atoms with Crippen molar-refractivity contribution < 1.29 is 19.8 Å². The summed E-state index contributed by atoms with van der Waals surface area (Å²) < 4.78 is 0. The van der Waals surface area contributed by atoms with Gasteiger partial charge in [-0.2, -0.15) is 0 Å². The molecule has 0 aliphatic heterocycles. The van der Waals surface area contributed by atoms with Crippen molar-refractivity contribution in [3.05, 3.63) is 0 Å². The van der Waals surface area contributed by atoms with Crippen LogP contribution >= 0.6 is 0 Å². The van der Waals surface area contributed by atoms with Crippen LogP contribution in [0.2, 0.25) is 0 Å². The van der Waals surface area contributed by atoms with Crippen molar-refractivity contribution in [3.63, 3.8) is 0 Å². The van der Waals surface area contributed by atoms with Gasteiger partial charge >= 0.3 is 11.9 Å². The minimum absolute atomic E-state index is 0.501. The number of carboxylic acid groups (broad SMARTS) is 2.